The van der Waals surface area contributed by atoms with Crippen LogP contribution in [0.3, 0.4) is 0 Å². The monoisotopic (exact) mass is 146 g/mol. The van der Waals surface area contributed by atoms with Crippen LogP contribution < -0.4 is 0 Å². The molecule has 52 valence electrons. The zero-order chi connectivity index (χ0) is 7.33. The Labute approximate surface area is 55.1 Å². The molecule has 0 heterocycles. The molecule has 0 spiro atoms. The molecule has 0 rings (SSSR count). The Bertz CT molecular complexity index is 98.8. The molecule has 3 nitrogen and oxygen atoms in total. The van der Waals surface area contributed by atoms with Gasteiger partial charge < -0.3 is 14.0 Å². The van der Waals surface area contributed by atoms with E-state index in [-0.39, 0.29) is 0 Å². The van der Waals surface area contributed by atoms with Crippen molar-refractivity contribution in [2.75, 3.05) is 7.11 Å². The smallest absolute Gasteiger partial charge is 0.325 e. The Hall–Kier alpha value is -0.483. The molecule has 0 aromatic carbocycles. The minimum absolute atomic E-state index is 0.524. The first-order valence-corrected chi connectivity index (χ1v) is 4.99. The second-order valence-corrected chi connectivity index (χ2v) is 5.25. The van der Waals surface area contributed by atoms with Crippen molar-refractivity contribution in [3.05, 3.63) is 0 Å². The third-order valence-corrected chi connectivity index (χ3v) is 3.99. The van der Waals surface area contributed by atoms with Crippen molar-refractivity contribution in [1.82, 2.24) is 0 Å². The SMILES string of the molecule is CC[Si](C=O)(C=O)OC. The number of rotatable bonds is 4. The van der Waals surface area contributed by atoms with Gasteiger partial charge in [-0.15, -0.1) is 0 Å². The average Bonchev–Trinajstić information content (AvgIpc) is 1.95. The molecule has 0 fully saturated rings. The van der Waals surface area contributed by atoms with E-state index in [1.54, 1.807) is 6.92 Å². The quantitative estimate of drug-likeness (QED) is 0.418. The van der Waals surface area contributed by atoms with Gasteiger partial charge in [0.05, 0.1) is 0 Å². The Morgan fingerprint density at radius 3 is 1.89 bits per heavy atom. The van der Waals surface area contributed by atoms with Gasteiger partial charge in [0.1, 0.15) is 11.8 Å². The first-order chi connectivity index (χ1) is 4.24. The zero-order valence-corrected chi connectivity index (χ0v) is 6.59. The van der Waals surface area contributed by atoms with Gasteiger partial charge in [0, 0.05) is 7.11 Å². The molecule has 0 radical (unpaired) electrons. The normalized spacial score (nSPS) is 10.9. The van der Waals surface area contributed by atoms with Gasteiger partial charge in [-0.05, 0) is 6.04 Å². The van der Waals surface area contributed by atoms with Crippen molar-refractivity contribution >= 4 is 20.1 Å². The van der Waals surface area contributed by atoms with Crippen LogP contribution in [-0.4, -0.2) is 27.2 Å². The summed E-state index contributed by atoms with van der Waals surface area (Å²) in [5, 5.41) is 0. The molecule has 0 aliphatic carbocycles. The van der Waals surface area contributed by atoms with E-state index in [9.17, 15) is 9.59 Å². The van der Waals surface area contributed by atoms with E-state index in [2.05, 4.69) is 0 Å². The fourth-order valence-corrected chi connectivity index (χ4v) is 1.31. The Morgan fingerprint density at radius 1 is 1.44 bits per heavy atom. The zero-order valence-electron chi connectivity index (χ0n) is 5.59. The lowest BCUT2D eigenvalue weighted by molar-refractivity contribution is 0.412. The summed E-state index contributed by atoms with van der Waals surface area (Å²) in [6.45, 7) is 1.78. The number of carbonyl (C=O) groups is 2. The van der Waals surface area contributed by atoms with Crippen LogP contribution in [0.2, 0.25) is 6.04 Å². The van der Waals surface area contributed by atoms with Gasteiger partial charge in [0.15, 0.2) is 0 Å². The highest BCUT2D eigenvalue weighted by Gasteiger charge is 2.31. The second-order valence-electron chi connectivity index (χ2n) is 1.75. The largest absolute Gasteiger partial charge is 0.408 e. The van der Waals surface area contributed by atoms with E-state index in [0.29, 0.717) is 17.9 Å². The van der Waals surface area contributed by atoms with Crippen LogP contribution in [0, 0.1) is 0 Å². The molecule has 0 saturated carbocycles. The highest BCUT2D eigenvalue weighted by atomic mass is 28.4. The van der Waals surface area contributed by atoms with E-state index in [4.69, 9.17) is 4.43 Å². The van der Waals surface area contributed by atoms with Crippen molar-refractivity contribution < 1.29 is 14.0 Å². The predicted octanol–water partition coefficient (Wildman–Crippen LogP) is 0.142. The average molecular weight is 146 g/mol. The molecule has 0 unspecified atom stereocenters. The standard InChI is InChI=1S/C5H10O3Si/c1-3-9(4-6,5-7)8-2/h4-5H,3H2,1-2H3. The van der Waals surface area contributed by atoms with Crippen molar-refractivity contribution in [3.8, 4) is 0 Å². The minimum atomic E-state index is -2.55. The van der Waals surface area contributed by atoms with Gasteiger partial charge in [0.25, 0.3) is 0 Å². The second kappa shape index (κ2) is 3.52. The van der Waals surface area contributed by atoms with E-state index >= 15 is 0 Å². The lowest BCUT2D eigenvalue weighted by Crippen LogP contribution is -2.41. The van der Waals surface area contributed by atoms with Crippen molar-refractivity contribution in [2.45, 2.75) is 13.0 Å². The summed E-state index contributed by atoms with van der Waals surface area (Å²) >= 11 is 0. The van der Waals surface area contributed by atoms with Gasteiger partial charge >= 0.3 is 8.32 Å². The highest BCUT2D eigenvalue weighted by Crippen LogP contribution is 2.01. The molecular formula is C5H10O3Si. The maximum atomic E-state index is 10.2. The molecule has 0 saturated heterocycles. The molecular weight excluding hydrogens is 136 g/mol. The first kappa shape index (κ1) is 8.52. The molecule has 0 amide bonds. The van der Waals surface area contributed by atoms with Crippen molar-refractivity contribution in [1.29, 1.82) is 0 Å². The Morgan fingerprint density at radius 2 is 1.89 bits per heavy atom. The number of hydrogen-bond acceptors (Lipinski definition) is 3. The van der Waals surface area contributed by atoms with E-state index < -0.39 is 8.32 Å². The topological polar surface area (TPSA) is 43.4 Å². The third kappa shape index (κ3) is 1.72. The summed E-state index contributed by atoms with van der Waals surface area (Å²) in [4.78, 5) is 20.5. The van der Waals surface area contributed by atoms with Crippen LogP contribution in [0.1, 0.15) is 6.92 Å². The van der Waals surface area contributed by atoms with Crippen LogP contribution in [0.5, 0.6) is 0 Å². The molecule has 0 aliphatic heterocycles. The number of carbonyl (C=O) groups excluding carboxylic acids is 2. The highest BCUT2D eigenvalue weighted by molar-refractivity contribution is 7.14. The first-order valence-electron chi connectivity index (χ1n) is 2.72. The fourth-order valence-electron chi connectivity index (χ4n) is 0.435. The van der Waals surface area contributed by atoms with Crippen LogP contribution in [-0.2, 0) is 14.0 Å². The van der Waals surface area contributed by atoms with Gasteiger partial charge in [-0.3, -0.25) is 0 Å². The van der Waals surface area contributed by atoms with Crippen molar-refractivity contribution in [3.63, 3.8) is 0 Å². The van der Waals surface area contributed by atoms with Gasteiger partial charge in [0.2, 0.25) is 0 Å². The predicted molar refractivity (Wildman–Crippen MR) is 36.7 cm³/mol. The summed E-state index contributed by atoms with van der Waals surface area (Å²) in [5.74, 6) is 1.31. The van der Waals surface area contributed by atoms with Crippen LogP contribution in [0.15, 0.2) is 0 Å². The minimum Gasteiger partial charge on any atom is -0.408 e. The lowest BCUT2D eigenvalue weighted by atomic mass is 11.0. The summed E-state index contributed by atoms with van der Waals surface area (Å²) < 4.78 is 4.79. The molecule has 0 aromatic heterocycles. The summed E-state index contributed by atoms with van der Waals surface area (Å²) in [6, 6.07) is 0.524. The Kier molecular flexibility index (Phi) is 3.34. The van der Waals surface area contributed by atoms with Crippen LogP contribution in [0.25, 0.3) is 0 Å². The maximum Gasteiger partial charge on any atom is 0.325 e. The fraction of sp³-hybridized carbons (Fsp3) is 0.600. The molecule has 4 heteroatoms. The molecule has 0 atom stereocenters. The lowest BCUT2D eigenvalue weighted by Gasteiger charge is -2.11. The molecule has 0 N–H and O–H groups in total. The van der Waals surface area contributed by atoms with Gasteiger partial charge in [-0.2, -0.15) is 0 Å². The number of hydrogen-bond donors (Lipinski definition) is 0. The van der Waals surface area contributed by atoms with E-state index in [0.717, 1.165) is 0 Å². The summed E-state index contributed by atoms with van der Waals surface area (Å²) in [5.41, 5.74) is 0. The van der Waals surface area contributed by atoms with Crippen LogP contribution >= 0.6 is 0 Å². The van der Waals surface area contributed by atoms with Crippen molar-refractivity contribution in [2.24, 2.45) is 0 Å². The maximum absolute atomic E-state index is 10.2. The molecule has 9 heavy (non-hydrogen) atoms. The van der Waals surface area contributed by atoms with E-state index in [1.165, 1.54) is 7.11 Å². The van der Waals surface area contributed by atoms with Crippen LogP contribution in [0.4, 0.5) is 0 Å². The summed E-state index contributed by atoms with van der Waals surface area (Å²) in [6.07, 6.45) is 0. The molecule has 0 aromatic rings. The summed E-state index contributed by atoms with van der Waals surface area (Å²) in [7, 11) is -1.15. The van der Waals surface area contributed by atoms with Gasteiger partial charge in [-0.25, -0.2) is 0 Å². The molecule has 0 bridgehead atoms. The van der Waals surface area contributed by atoms with Gasteiger partial charge in [-0.1, -0.05) is 6.92 Å². The Balaban J connectivity index is 4.15. The third-order valence-electron chi connectivity index (χ3n) is 1.33. The molecule has 0 aliphatic rings. The van der Waals surface area contributed by atoms with E-state index in [1.807, 2.05) is 0 Å².